The average molecular weight is 506 g/mol. The summed E-state index contributed by atoms with van der Waals surface area (Å²) < 4.78 is 6.41. The zero-order chi connectivity index (χ0) is 26.4. The minimum Gasteiger partial charge on any atom is -0.507 e. The Morgan fingerprint density at radius 2 is 1.76 bits per heavy atom. The van der Waals surface area contributed by atoms with Crippen LogP contribution in [0.15, 0.2) is 28.9 Å². The molecule has 2 aliphatic carbocycles. The van der Waals surface area contributed by atoms with Crippen LogP contribution in [0.4, 0.5) is 0 Å². The van der Waals surface area contributed by atoms with E-state index < -0.39 is 0 Å². The number of likely N-dealkylation sites (tertiary alicyclic amines) is 1. The van der Waals surface area contributed by atoms with Gasteiger partial charge in [0.25, 0.3) is 0 Å². The lowest BCUT2D eigenvalue weighted by atomic mass is 9.67. The normalized spacial score (nSPS) is 28.9. The highest BCUT2D eigenvalue weighted by Gasteiger charge is 2.58. The van der Waals surface area contributed by atoms with E-state index in [1.807, 2.05) is 26.0 Å². The van der Waals surface area contributed by atoms with Crippen LogP contribution in [0.25, 0.3) is 6.08 Å². The van der Waals surface area contributed by atoms with Gasteiger partial charge in [-0.05, 0) is 93.2 Å². The fourth-order valence-corrected chi connectivity index (χ4v) is 7.47. The number of phenolic OH excluding ortho intramolecular Hbond substituents is 1. The molecule has 0 aromatic heterocycles. The molecule has 2 amide bonds. The van der Waals surface area contributed by atoms with E-state index in [0.717, 1.165) is 55.2 Å². The van der Waals surface area contributed by atoms with Crippen LogP contribution in [0, 0.1) is 37.5 Å². The summed E-state index contributed by atoms with van der Waals surface area (Å²) in [5.41, 5.74) is 6.84. The summed E-state index contributed by atoms with van der Waals surface area (Å²) in [5, 5.41) is 10.1. The Labute approximate surface area is 222 Å². The Balaban J connectivity index is 1.35. The Kier molecular flexibility index (Phi) is 7.37. The number of hydrogen-bond acceptors (Lipinski definition) is 4. The molecule has 0 bridgehead atoms. The molecule has 37 heavy (non-hydrogen) atoms. The van der Waals surface area contributed by atoms with E-state index in [0.29, 0.717) is 24.7 Å². The summed E-state index contributed by atoms with van der Waals surface area (Å²) in [6.07, 6.45) is 10.1. The zero-order valence-corrected chi connectivity index (χ0v) is 23.2. The van der Waals surface area contributed by atoms with Gasteiger partial charge in [0, 0.05) is 12.0 Å². The Bertz CT molecular complexity index is 1120. The molecule has 2 heterocycles. The number of fused-ring (bicyclic) bond motifs is 3. The van der Waals surface area contributed by atoms with Crippen molar-refractivity contribution >= 4 is 17.9 Å². The second-order valence-corrected chi connectivity index (χ2v) is 12.3. The molecule has 4 aliphatic rings. The highest BCUT2D eigenvalue weighted by Crippen LogP contribution is 2.52. The number of carbonyl (C=O) groups is 2. The zero-order valence-electron chi connectivity index (χ0n) is 23.2. The summed E-state index contributed by atoms with van der Waals surface area (Å²) >= 11 is 0. The molecule has 200 valence electrons. The highest BCUT2D eigenvalue weighted by molar-refractivity contribution is 6.06. The second-order valence-electron chi connectivity index (χ2n) is 12.3. The van der Waals surface area contributed by atoms with Crippen molar-refractivity contribution in [2.75, 3.05) is 6.61 Å². The fourth-order valence-electron chi connectivity index (χ4n) is 7.47. The number of benzene rings is 1. The largest absolute Gasteiger partial charge is 0.507 e. The number of rotatable bonds is 6. The SMILES string of the molecule is C/C(=C\c1cc(C)c(O)c(C)c1)CC[C@H]1OC[C@H]2C1=C(C(C)C)C[C@H]1C(=O)N(C3CCCCC3)C(=O)[C@H]12. The predicted molar refractivity (Wildman–Crippen MR) is 146 cm³/mol. The van der Waals surface area contributed by atoms with Crippen LogP contribution in [0.3, 0.4) is 0 Å². The van der Waals surface area contributed by atoms with Gasteiger partial charge < -0.3 is 9.84 Å². The fraction of sp³-hybridized carbons (Fsp3) is 0.625. The van der Waals surface area contributed by atoms with E-state index in [1.165, 1.54) is 23.1 Å². The Morgan fingerprint density at radius 1 is 1.08 bits per heavy atom. The lowest BCUT2D eigenvalue weighted by Crippen LogP contribution is -2.42. The standard InChI is InChI=1S/C32H43NO4/c1-18(2)24-16-25-29(32(36)33(31(25)35)23-9-7-6-8-10-23)26-17-37-27(28(24)26)12-11-19(3)13-22-14-20(4)30(34)21(5)15-22/h13-15,18,23,25-27,29,34H,6-12,16-17H2,1-5H3/b19-13+/t25-,26+,27-,29-/m1/s1. The molecular formula is C32H43NO4. The lowest BCUT2D eigenvalue weighted by Gasteiger charge is -2.33. The van der Waals surface area contributed by atoms with Gasteiger partial charge in [0.05, 0.1) is 24.5 Å². The average Bonchev–Trinajstić information content (AvgIpc) is 3.39. The lowest BCUT2D eigenvalue weighted by molar-refractivity contribution is -0.143. The number of aromatic hydroxyl groups is 1. The predicted octanol–water partition coefficient (Wildman–Crippen LogP) is 6.50. The van der Waals surface area contributed by atoms with Crippen molar-refractivity contribution < 1.29 is 19.4 Å². The summed E-state index contributed by atoms with van der Waals surface area (Å²) in [7, 11) is 0. The number of nitrogens with zero attached hydrogens (tertiary/aromatic N) is 1. The molecule has 1 N–H and O–H groups in total. The minimum absolute atomic E-state index is 0.0154. The maximum Gasteiger partial charge on any atom is 0.234 e. The topological polar surface area (TPSA) is 66.8 Å². The summed E-state index contributed by atoms with van der Waals surface area (Å²) in [5.74, 6) is 0.464. The van der Waals surface area contributed by atoms with Gasteiger partial charge in [0.1, 0.15) is 5.75 Å². The van der Waals surface area contributed by atoms with Gasteiger partial charge in [-0.2, -0.15) is 0 Å². The smallest absolute Gasteiger partial charge is 0.234 e. The van der Waals surface area contributed by atoms with Crippen LogP contribution in [0.1, 0.15) is 88.8 Å². The van der Waals surface area contributed by atoms with Crippen LogP contribution >= 0.6 is 0 Å². The van der Waals surface area contributed by atoms with Crippen molar-refractivity contribution in [3.8, 4) is 5.75 Å². The van der Waals surface area contributed by atoms with Crippen LogP contribution in [-0.2, 0) is 14.3 Å². The number of ether oxygens (including phenoxy) is 1. The molecular weight excluding hydrogens is 462 g/mol. The summed E-state index contributed by atoms with van der Waals surface area (Å²) in [6, 6.07) is 4.15. The molecule has 2 aliphatic heterocycles. The quantitative estimate of drug-likeness (QED) is 0.354. The molecule has 1 aromatic rings. The maximum absolute atomic E-state index is 13.7. The van der Waals surface area contributed by atoms with E-state index >= 15 is 0 Å². The molecule has 0 radical (unpaired) electrons. The molecule has 2 saturated heterocycles. The van der Waals surface area contributed by atoms with Gasteiger partial charge in [0.15, 0.2) is 0 Å². The Hall–Kier alpha value is -2.40. The molecule has 5 rings (SSSR count). The van der Waals surface area contributed by atoms with Crippen molar-refractivity contribution in [1.82, 2.24) is 4.90 Å². The first kappa shape index (κ1) is 26.2. The monoisotopic (exact) mass is 505 g/mol. The number of phenols is 1. The first-order valence-corrected chi connectivity index (χ1v) is 14.4. The first-order chi connectivity index (χ1) is 17.7. The van der Waals surface area contributed by atoms with E-state index in [-0.39, 0.29) is 41.7 Å². The molecule has 1 aromatic carbocycles. The van der Waals surface area contributed by atoms with Gasteiger partial charge in [-0.25, -0.2) is 0 Å². The Morgan fingerprint density at radius 3 is 2.41 bits per heavy atom. The second kappa shape index (κ2) is 10.4. The molecule has 0 spiro atoms. The number of amides is 2. The van der Waals surface area contributed by atoms with Gasteiger partial charge in [-0.1, -0.05) is 50.3 Å². The third kappa shape index (κ3) is 4.80. The maximum atomic E-state index is 13.7. The number of imide groups is 1. The van der Waals surface area contributed by atoms with Crippen molar-refractivity contribution in [3.63, 3.8) is 0 Å². The molecule has 1 saturated carbocycles. The number of allylic oxidation sites excluding steroid dienone is 2. The summed E-state index contributed by atoms with van der Waals surface area (Å²) in [6.45, 7) is 11.0. The van der Waals surface area contributed by atoms with Crippen LogP contribution in [-0.4, -0.2) is 40.6 Å². The van der Waals surface area contributed by atoms with E-state index in [2.05, 4.69) is 26.8 Å². The third-order valence-electron chi connectivity index (χ3n) is 9.34. The van der Waals surface area contributed by atoms with E-state index in [9.17, 15) is 14.7 Å². The summed E-state index contributed by atoms with van der Waals surface area (Å²) in [4.78, 5) is 29.0. The minimum atomic E-state index is -0.239. The number of hydrogen-bond donors (Lipinski definition) is 1. The van der Waals surface area contributed by atoms with E-state index in [4.69, 9.17) is 4.74 Å². The molecule has 4 atom stereocenters. The van der Waals surface area contributed by atoms with Gasteiger partial charge in [-0.3, -0.25) is 14.5 Å². The van der Waals surface area contributed by atoms with Crippen LogP contribution in [0.2, 0.25) is 0 Å². The van der Waals surface area contributed by atoms with Gasteiger partial charge >= 0.3 is 0 Å². The van der Waals surface area contributed by atoms with Crippen molar-refractivity contribution in [2.45, 2.75) is 98.1 Å². The number of carbonyl (C=O) groups excluding carboxylic acids is 2. The third-order valence-corrected chi connectivity index (χ3v) is 9.34. The molecule has 5 nitrogen and oxygen atoms in total. The van der Waals surface area contributed by atoms with Crippen molar-refractivity contribution in [3.05, 3.63) is 45.5 Å². The molecule has 0 unspecified atom stereocenters. The van der Waals surface area contributed by atoms with Crippen molar-refractivity contribution in [1.29, 1.82) is 0 Å². The van der Waals surface area contributed by atoms with Gasteiger partial charge in [-0.15, -0.1) is 0 Å². The highest BCUT2D eigenvalue weighted by atomic mass is 16.5. The van der Waals surface area contributed by atoms with Crippen LogP contribution < -0.4 is 0 Å². The van der Waals surface area contributed by atoms with E-state index in [1.54, 1.807) is 4.90 Å². The van der Waals surface area contributed by atoms with Gasteiger partial charge in [0.2, 0.25) is 11.8 Å². The molecule has 3 fully saturated rings. The number of aryl methyl sites for hydroxylation is 2. The van der Waals surface area contributed by atoms with Crippen LogP contribution in [0.5, 0.6) is 5.75 Å². The van der Waals surface area contributed by atoms with Crippen molar-refractivity contribution in [2.24, 2.45) is 23.7 Å². The molecule has 5 heteroatoms. The first-order valence-electron chi connectivity index (χ1n) is 14.4.